The van der Waals surface area contributed by atoms with Crippen molar-refractivity contribution in [2.45, 2.75) is 77.1 Å². The molecule has 7 nitrogen and oxygen atoms in total. The Hall–Kier alpha value is -1.84. The van der Waals surface area contributed by atoms with Gasteiger partial charge in [-0.2, -0.15) is 4.31 Å². The van der Waals surface area contributed by atoms with Crippen LogP contribution in [0.3, 0.4) is 0 Å². The summed E-state index contributed by atoms with van der Waals surface area (Å²) in [6.07, 6.45) is 0.597. The lowest BCUT2D eigenvalue weighted by molar-refractivity contribution is 0.00578. The maximum Gasteiger partial charge on any atom is 0.486 e. The molecule has 0 atom stereocenters. The predicted octanol–water partition coefficient (Wildman–Crippen LogP) is 4.11. The van der Waals surface area contributed by atoms with Gasteiger partial charge in [-0.15, -0.1) is 0 Å². The fraction of sp³-hybridized carbons (Fsp3) is 0.571. The summed E-state index contributed by atoms with van der Waals surface area (Å²) in [7, 11) is -4.75. The summed E-state index contributed by atoms with van der Waals surface area (Å²) in [4.78, 5) is 12.7. The van der Waals surface area contributed by atoms with Crippen LogP contribution in [0.4, 0.5) is 4.79 Å². The molecule has 1 aromatic carbocycles. The van der Waals surface area contributed by atoms with Gasteiger partial charge in [-0.25, -0.2) is 13.2 Å². The Morgan fingerprint density at radius 3 is 2.07 bits per heavy atom. The van der Waals surface area contributed by atoms with Gasteiger partial charge in [0.05, 0.1) is 22.6 Å². The SMILES string of the molecule is Cc1ccc(S(=O)(=O)N(C/C=C/B2OC(C)(C)C(C)(C)O2)C(=O)OC(C)(C)C)cc1. The van der Waals surface area contributed by atoms with Gasteiger partial charge in [0, 0.05) is 0 Å². The third-order valence-electron chi connectivity index (χ3n) is 5.04. The second-order valence-corrected chi connectivity index (χ2v) is 11.2. The number of ether oxygens (including phenoxy) is 1. The van der Waals surface area contributed by atoms with E-state index in [1.54, 1.807) is 38.9 Å². The van der Waals surface area contributed by atoms with E-state index in [0.29, 0.717) is 4.31 Å². The van der Waals surface area contributed by atoms with Crippen LogP contribution in [-0.4, -0.2) is 49.3 Å². The van der Waals surface area contributed by atoms with Crippen LogP contribution in [-0.2, 0) is 24.1 Å². The van der Waals surface area contributed by atoms with Crippen LogP contribution >= 0.6 is 0 Å². The lowest BCUT2D eigenvalue weighted by Gasteiger charge is -2.32. The molecule has 0 aromatic heterocycles. The summed E-state index contributed by atoms with van der Waals surface area (Å²) in [5.41, 5.74) is -0.951. The number of aryl methyl sites for hydroxylation is 1. The minimum absolute atomic E-state index is 0.0167. The summed E-state index contributed by atoms with van der Waals surface area (Å²) in [5, 5.41) is 0. The van der Waals surface area contributed by atoms with E-state index in [1.165, 1.54) is 18.2 Å². The van der Waals surface area contributed by atoms with E-state index in [9.17, 15) is 13.2 Å². The molecule has 0 spiro atoms. The molecule has 0 saturated carbocycles. The van der Waals surface area contributed by atoms with E-state index in [2.05, 4.69) is 0 Å². The van der Waals surface area contributed by atoms with Crippen LogP contribution in [0.2, 0.25) is 0 Å². The van der Waals surface area contributed by atoms with Gasteiger partial charge in [-0.3, -0.25) is 0 Å². The molecule has 1 aromatic rings. The number of sulfonamides is 1. The average Bonchev–Trinajstić information content (AvgIpc) is 2.77. The lowest BCUT2D eigenvalue weighted by atomic mass is 9.90. The highest BCUT2D eigenvalue weighted by atomic mass is 32.2. The van der Waals surface area contributed by atoms with Gasteiger partial charge in [0.2, 0.25) is 0 Å². The first-order chi connectivity index (χ1) is 13.6. The van der Waals surface area contributed by atoms with Crippen molar-refractivity contribution in [3.8, 4) is 0 Å². The molecule has 0 radical (unpaired) electrons. The van der Waals surface area contributed by atoms with Crippen LogP contribution in [0.25, 0.3) is 0 Å². The Kier molecular flexibility index (Phi) is 6.81. The van der Waals surface area contributed by atoms with Crippen LogP contribution < -0.4 is 0 Å². The first-order valence-electron chi connectivity index (χ1n) is 9.90. The molecule has 1 amide bonds. The summed E-state index contributed by atoms with van der Waals surface area (Å²) in [6.45, 7) is 14.4. The number of hydrogen-bond acceptors (Lipinski definition) is 6. The average molecular weight is 437 g/mol. The molecule has 0 N–H and O–H groups in total. The molecule has 166 valence electrons. The van der Waals surface area contributed by atoms with Crippen LogP contribution in [0, 0.1) is 6.92 Å². The molecular formula is C21H32BNO6S. The second-order valence-electron chi connectivity index (χ2n) is 9.38. The Bertz CT molecular complexity index is 884. The molecule has 0 aliphatic carbocycles. The van der Waals surface area contributed by atoms with Crippen molar-refractivity contribution in [3.05, 3.63) is 41.9 Å². The smallest absolute Gasteiger partial charge is 0.443 e. The third kappa shape index (κ3) is 5.65. The van der Waals surface area contributed by atoms with Gasteiger partial charge < -0.3 is 14.0 Å². The van der Waals surface area contributed by atoms with E-state index in [4.69, 9.17) is 14.0 Å². The van der Waals surface area contributed by atoms with Crippen LogP contribution in [0.1, 0.15) is 54.0 Å². The molecule has 1 fully saturated rings. The molecule has 1 heterocycles. The monoisotopic (exact) mass is 437 g/mol. The first-order valence-corrected chi connectivity index (χ1v) is 11.3. The Morgan fingerprint density at radius 2 is 1.60 bits per heavy atom. The predicted molar refractivity (Wildman–Crippen MR) is 117 cm³/mol. The summed E-state index contributed by atoms with van der Waals surface area (Å²) >= 11 is 0. The maximum absolute atomic E-state index is 13.1. The highest BCUT2D eigenvalue weighted by molar-refractivity contribution is 7.89. The van der Waals surface area contributed by atoms with E-state index in [-0.39, 0.29) is 11.4 Å². The molecule has 0 bridgehead atoms. The lowest BCUT2D eigenvalue weighted by Crippen LogP contribution is -2.41. The quantitative estimate of drug-likeness (QED) is 0.645. The molecular weight excluding hydrogens is 405 g/mol. The zero-order chi connectivity index (χ0) is 23.0. The highest BCUT2D eigenvalue weighted by Gasteiger charge is 2.50. The zero-order valence-corrected chi connectivity index (χ0v) is 19.9. The minimum atomic E-state index is -4.10. The number of nitrogens with zero attached hydrogens (tertiary/aromatic N) is 1. The normalized spacial score (nSPS) is 18.6. The molecule has 1 aliphatic heterocycles. The Morgan fingerprint density at radius 1 is 1.10 bits per heavy atom. The summed E-state index contributed by atoms with van der Waals surface area (Å²) in [6, 6.07) is 6.31. The molecule has 1 saturated heterocycles. The van der Waals surface area contributed by atoms with Crippen molar-refractivity contribution in [2.24, 2.45) is 0 Å². The van der Waals surface area contributed by atoms with E-state index in [1.807, 2.05) is 34.6 Å². The number of amides is 1. The van der Waals surface area contributed by atoms with Gasteiger partial charge in [-0.05, 0) is 67.5 Å². The largest absolute Gasteiger partial charge is 0.486 e. The van der Waals surface area contributed by atoms with Crippen molar-refractivity contribution in [1.29, 1.82) is 0 Å². The van der Waals surface area contributed by atoms with Gasteiger partial charge in [0.25, 0.3) is 10.0 Å². The molecule has 9 heteroatoms. The van der Waals surface area contributed by atoms with Crippen molar-refractivity contribution in [2.75, 3.05) is 6.54 Å². The maximum atomic E-state index is 13.1. The molecule has 0 unspecified atom stereocenters. The molecule has 1 aliphatic rings. The summed E-state index contributed by atoms with van der Waals surface area (Å²) < 4.78 is 44.1. The second kappa shape index (κ2) is 8.36. The van der Waals surface area contributed by atoms with Crippen molar-refractivity contribution < 1.29 is 27.3 Å². The van der Waals surface area contributed by atoms with Crippen molar-refractivity contribution in [1.82, 2.24) is 4.31 Å². The van der Waals surface area contributed by atoms with E-state index >= 15 is 0 Å². The Balaban J connectivity index is 2.27. The highest BCUT2D eigenvalue weighted by Crippen LogP contribution is 2.36. The van der Waals surface area contributed by atoms with Gasteiger partial charge in [0.1, 0.15) is 5.60 Å². The van der Waals surface area contributed by atoms with E-state index in [0.717, 1.165) is 5.56 Å². The van der Waals surface area contributed by atoms with Gasteiger partial charge >= 0.3 is 13.2 Å². The number of hydrogen-bond donors (Lipinski definition) is 0. The van der Waals surface area contributed by atoms with E-state index < -0.39 is 40.0 Å². The fourth-order valence-electron chi connectivity index (χ4n) is 2.66. The zero-order valence-electron chi connectivity index (χ0n) is 19.1. The van der Waals surface area contributed by atoms with Gasteiger partial charge in [0.15, 0.2) is 0 Å². The summed E-state index contributed by atoms with van der Waals surface area (Å²) in [5.74, 6) is 1.61. The van der Waals surface area contributed by atoms with Crippen molar-refractivity contribution >= 4 is 23.2 Å². The van der Waals surface area contributed by atoms with Crippen molar-refractivity contribution in [3.63, 3.8) is 0 Å². The molecule has 30 heavy (non-hydrogen) atoms. The van der Waals surface area contributed by atoms with Gasteiger partial charge in [-0.1, -0.05) is 29.7 Å². The Labute approximate surface area is 180 Å². The number of carbonyl (C=O) groups is 1. The first kappa shape index (κ1) is 24.4. The number of benzene rings is 1. The standard InChI is InChI=1S/C21H32BNO6S/c1-16-10-12-17(13-11-16)30(25,26)23(18(24)27-19(2,3)4)15-9-14-22-28-20(5,6)21(7,8)29-22/h9-14H,15H2,1-8H3/b14-9+. The fourth-order valence-corrected chi connectivity index (χ4v) is 3.91. The molecule has 2 rings (SSSR count). The van der Waals surface area contributed by atoms with Crippen LogP contribution in [0.5, 0.6) is 0 Å². The number of carbonyl (C=O) groups excluding carboxylic acids is 1. The van der Waals surface area contributed by atoms with Crippen LogP contribution in [0.15, 0.2) is 41.2 Å². The number of rotatable bonds is 5. The third-order valence-corrected chi connectivity index (χ3v) is 6.79. The topological polar surface area (TPSA) is 82.1 Å². The minimum Gasteiger partial charge on any atom is -0.443 e.